The van der Waals surface area contributed by atoms with Crippen LogP contribution in [0.1, 0.15) is 27.2 Å². The van der Waals surface area contributed by atoms with E-state index in [0.29, 0.717) is 0 Å². The van der Waals surface area contributed by atoms with Crippen LogP contribution in [0, 0.1) is 5.92 Å². The van der Waals surface area contributed by atoms with Crippen LogP contribution >= 0.6 is 11.8 Å². The molecule has 0 heterocycles. The minimum atomic E-state index is 0.737. The Morgan fingerprint density at radius 3 is 2.47 bits per heavy atom. The van der Waals surface area contributed by atoms with Crippen molar-refractivity contribution < 1.29 is 0 Å². The van der Waals surface area contributed by atoms with Gasteiger partial charge in [-0.15, -0.1) is 0 Å². The van der Waals surface area contributed by atoms with Gasteiger partial charge in [0.05, 0.1) is 0 Å². The van der Waals surface area contributed by atoms with Crippen molar-refractivity contribution in [2.45, 2.75) is 33.2 Å². The van der Waals surface area contributed by atoms with Crippen molar-refractivity contribution in [2.24, 2.45) is 5.92 Å². The van der Waals surface area contributed by atoms with Crippen LogP contribution in [-0.2, 0) is 0 Å². The van der Waals surface area contributed by atoms with Gasteiger partial charge < -0.3 is 10.2 Å². The number of nitrogens with one attached hydrogen (secondary N) is 1. The van der Waals surface area contributed by atoms with Gasteiger partial charge in [0.25, 0.3) is 0 Å². The molecule has 15 heavy (non-hydrogen) atoms. The summed E-state index contributed by atoms with van der Waals surface area (Å²) in [5, 5.41) is 3.49. The highest BCUT2D eigenvalue weighted by Crippen LogP contribution is 2.07. The van der Waals surface area contributed by atoms with Gasteiger partial charge in [0.15, 0.2) is 0 Å². The lowest BCUT2D eigenvalue weighted by Crippen LogP contribution is -2.38. The van der Waals surface area contributed by atoms with E-state index in [0.717, 1.165) is 31.6 Å². The maximum Gasteiger partial charge on any atom is 0.0181 e. The third-order valence-corrected chi connectivity index (χ3v) is 3.37. The minimum Gasteiger partial charge on any atom is -0.315 e. The van der Waals surface area contributed by atoms with Gasteiger partial charge in [-0.1, -0.05) is 20.8 Å². The molecule has 0 saturated carbocycles. The Morgan fingerprint density at radius 2 is 2.00 bits per heavy atom. The number of hydrogen-bond donors (Lipinski definition) is 1. The van der Waals surface area contributed by atoms with Crippen molar-refractivity contribution in [1.82, 2.24) is 10.2 Å². The molecule has 0 radical (unpaired) electrons. The first kappa shape index (κ1) is 15.3. The summed E-state index contributed by atoms with van der Waals surface area (Å²) in [6.07, 6.45) is 3.44. The van der Waals surface area contributed by atoms with Crippen LogP contribution < -0.4 is 5.32 Å². The number of hydrogen-bond acceptors (Lipinski definition) is 3. The zero-order chi connectivity index (χ0) is 11.7. The normalized spacial score (nSPS) is 13.8. The molecule has 0 fully saturated rings. The average Bonchev–Trinajstić information content (AvgIpc) is 2.20. The molecule has 0 spiro atoms. The molecule has 1 atom stereocenters. The zero-order valence-electron chi connectivity index (χ0n) is 11.0. The lowest BCUT2D eigenvalue weighted by atomic mass is 10.2. The summed E-state index contributed by atoms with van der Waals surface area (Å²) in [5.74, 6) is 2.00. The van der Waals surface area contributed by atoms with Gasteiger partial charge in [0, 0.05) is 24.9 Å². The molecule has 0 bridgehead atoms. The largest absolute Gasteiger partial charge is 0.315 e. The van der Waals surface area contributed by atoms with E-state index in [-0.39, 0.29) is 0 Å². The lowest BCUT2D eigenvalue weighted by molar-refractivity contribution is 0.255. The summed E-state index contributed by atoms with van der Waals surface area (Å²) in [7, 11) is 2.24. The number of thioether (sulfide) groups is 1. The highest BCUT2D eigenvalue weighted by atomic mass is 32.2. The minimum absolute atomic E-state index is 0.737. The molecule has 1 unspecified atom stereocenters. The van der Waals surface area contributed by atoms with Gasteiger partial charge in [-0.3, -0.25) is 0 Å². The number of nitrogens with zero attached hydrogens (tertiary/aromatic N) is 1. The second kappa shape index (κ2) is 9.49. The highest BCUT2D eigenvalue weighted by molar-refractivity contribution is 7.98. The van der Waals surface area contributed by atoms with E-state index >= 15 is 0 Å². The molecule has 3 heteroatoms. The fraction of sp³-hybridized carbons (Fsp3) is 1.00. The van der Waals surface area contributed by atoms with Crippen molar-refractivity contribution in [3.8, 4) is 0 Å². The Labute approximate surface area is 100 Å². The van der Waals surface area contributed by atoms with E-state index in [4.69, 9.17) is 0 Å². The van der Waals surface area contributed by atoms with Crippen molar-refractivity contribution in [3.63, 3.8) is 0 Å². The summed E-state index contributed by atoms with van der Waals surface area (Å²) in [5.41, 5.74) is 0. The maximum absolute atomic E-state index is 3.49. The fourth-order valence-electron chi connectivity index (χ4n) is 1.58. The smallest absolute Gasteiger partial charge is 0.0181 e. The van der Waals surface area contributed by atoms with Crippen LogP contribution in [0.25, 0.3) is 0 Å². The van der Waals surface area contributed by atoms with E-state index in [1.54, 1.807) is 0 Å². The van der Waals surface area contributed by atoms with Crippen LogP contribution in [0.3, 0.4) is 0 Å². The van der Waals surface area contributed by atoms with Crippen LogP contribution in [0.15, 0.2) is 0 Å². The Balaban J connectivity index is 3.56. The van der Waals surface area contributed by atoms with Gasteiger partial charge >= 0.3 is 0 Å². The molecule has 0 rings (SSSR count). The van der Waals surface area contributed by atoms with Crippen LogP contribution in [0.5, 0.6) is 0 Å². The summed E-state index contributed by atoms with van der Waals surface area (Å²) >= 11 is 1.94. The third kappa shape index (κ3) is 8.12. The fourth-order valence-corrected chi connectivity index (χ4v) is 2.45. The van der Waals surface area contributed by atoms with Crippen molar-refractivity contribution in [1.29, 1.82) is 0 Å². The molecule has 2 nitrogen and oxygen atoms in total. The molecule has 0 aliphatic heterocycles. The first-order valence-electron chi connectivity index (χ1n) is 6.01. The van der Waals surface area contributed by atoms with Crippen LogP contribution in [0.4, 0.5) is 0 Å². The van der Waals surface area contributed by atoms with E-state index in [2.05, 4.69) is 44.3 Å². The van der Waals surface area contributed by atoms with E-state index in [1.165, 1.54) is 12.2 Å². The molecular weight excluding hydrogens is 204 g/mol. The van der Waals surface area contributed by atoms with Gasteiger partial charge in [-0.05, 0) is 32.2 Å². The van der Waals surface area contributed by atoms with Crippen molar-refractivity contribution >= 4 is 11.8 Å². The molecule has 0 aromatic rings. The number of likely N-dealkylation sites (N-methyl/N-ethyl adjacent to an activating group) is 1. The Kier molecular flexibility index (Phi) is 9.66. The Morgan fingerprint density at radius 1 is 1.33 bits per heavy atom. The van der Waals surface area contributed by atoms with E-state index in [9.17, 15) is 0 Å². The third-order valence-electron chi connectivity index (χ3n) is 2.65. The lowest BCUT2D eigenvalue weighted by Gasteiger charge is -2.26. The first-order valence-corrected chi connectivity index (χ1v) is 7.41. The van der Waals surface area contributed by atoms with Gasteiger partial charge in [-0.25, -0.2) is 0 Å². The van der Waals surface area contributed by atoms with Gasteiger partial charge in [-0.2, -0.15) is 11.8 Å². The van der Waals surface area contributed by atoms with Crippen LogP contribution in [0.2, 0.25) is 0 Å². The van der Waals surface area contributed by atoms with E-state index < -0.39 is 0 Å². The molecular formula is C12H28N2S. The van der Waals surface area contributed by atoms with Gasteiger partial charge in [0.1, 0.15) is 0 Å². The topological polar surface area (TPSA) is 15.3 Å². The summed E-state index contributed by atoms with van der Waals surface area (Å²) < 4.78 is 0. The molecule has 0 aliphatic rings. The Hall–Kier alpha value is 0.270. The van der Waals surface area contributed by atoms with Crippen LogP contribution in [-0.4, -0.2) is 49.6 Å². The molecule has 92 valence electrons. The molecule has 0 amide bonds. The van der Waals surface area contributed by atoms with E-state index in [1.807, 2.05) is 11.8 Å². The predicted molar refractivity (Wildman–Crippen MR) is 72.8 cm³/mol. The second-order valence-electron chi connectivity index (χ2n) is 4.60. The highest BCUT2D eigenvalue weighted by Gasteiger charge is 2.10. The quantitative estimate of drug-likeness (QED) is 0.614. The van der Waals surface area contributed by atoms with Gasteiger partial charge in [0.2, 0.25) is 0 Å². The summed E-state index contributed by atoms with van der Waals surface area (Å²) in [6, 6.07) is 0.737. The maximum atomic E-state index is 3.49. The average molecular weight is 232 g/mol. The molecule has 0 saturated heterocycles. The zero-order valence-corrected chi connectivity index (χ0v) is 11.9. The van der Waals surface area contributed by atoms with Crippen molar-refractivity contribution in [3.05, 3.63) is 0 Å². The Bertz CT molecular complexity index is 140. The molecule has 0 aliphatic carbocycles. The second-order valence-corrected chi connectivity index (χ2v) is 5.51. The first-order chi connectivity index (χ1) is 7.11. The predicted octanol–water partition coefficient (Wildman–Crippen LogP) is 2.31. The molecule has 1 N–H and O–H groups in total. The summed E-state index contributed by atoms with van der Waals surface area (Å²) in [4.78, 5) is 2.48. The standard InChI is InChI=1S/C12H28N2S/c1-6-12(10-15-5)14(4)8-7-13-9-11(2)3/h11-13H,6-10H2,1-5H3. The van der Waals surface area contributed by atoms with Crippen molar-refractivity contribution in [2.75, 3.05) is 38.7 Å². The molecule has 0 aromatic carbocycles. The molecule has 0 aromatic heterocycles. The summed E-state index contributed by atoms with van der Waals surface area (Å²) in [6.45, 7) is 10.2. The SMILES string of the molecule is CCC(CSC)N(C)CCNCC(C)C. The number of rotatable bonds is 9. The monoisotopic (exact) mass is 232 g/mol.